The van der Waals surface area contributed by atoms with E-state index < -0.39 is 0 Å². The van der Waals surface area contributed by atoms with Crippen LogP contribution in [0.1, 0.15) is 36.0 Å². The zero-order chi connectivity index (χ0) is 11.6. The zero-order valence-electron chi connectivity index (χ0n) is 8.96. The first-order valence-corrected chi connectivity index (χ1v) is 6.22. The first kappa shape index (κ1) is 11.7. The maximum atomic E-state index is 12.0. The number of hydrogen-bond donors (Lipinski definition) is 2. The highest BCUT2D eigenvalue weighted by molar-refractivity contribution is 9.10. The van der Waals surface area contributed by atoms with Crippen LogP contribution in [-0.4, -0.2) is 18.0 Å². The summed E-state index contributed by atoms with van der Waals surface area (Å²) in [6.45, 7) is 0.494. The molecule has 1 amide bonds. The Balaban J connectivity index is 2.09. The summed E-state index contributed by atoms with van der Waals surface area (Å²) in [5.41, 5.74) is 6.07. The van der Waals surface area contributed by atoms with Crippen LogP contribution in [0.2, 0.25) is 0 Å². The van der Waals surface area contributed by atoms with Crippen LogP contribution in [0.15, 0.2) is 21.4 Å². The summed E-state index contributed by atoms with van der Waals surface area (Å²) in [6, 6.07) is 1.65. The predicted molar refractivity (Wildman–Crippen MR) is 64.1 cm³/mol. The molecule has 16 heavy (non-hydrogen) atoms. The first-order valence-electron chi connectivity index (χ1n) is 5.42. The molecule has 0 bridgehead atoms. The third kappa shape index (κ3) is 2.15. The lowest BCUT2D eigenvalue weighted by molar-refractivity contribution is 0.0901. The van der Waals surface area contributed by atoms with Crippen molar-refractivity contribution in [1.82, 2.24) is 5.32 Å². The summed E-state index contributed by atoms with van der Waals surface area (Å²) in [6.07, 6.45) is 5.67. The average Bonchev–Trinajstić information content (AvgIpc) is 2.87. The van der Waals surface area contributed by atoms with Gasteiger partial charge in [-0.15, -0.1) is 0 Å². The number of carbonyl (C=O) groups excluding carboxylic acids is 1. The van der Waals surface area contributed by atoms with Gasteiger partial charge < -0.3 is 15.5 Å². The Labute approximate surface area is 103 Å². The quantitative estimate of drug-likeness (QED) is 0.894. The topological polar surface area (TPSA) is 68.3 Å². The molecule has 0 aromatic carbocycles. The fraction of sp³-hybridized carbons (Fsp3) is 0.545. The maximum absolute atomic E-state index is 12.0. The lowest BCUT2D eigenvalue weighted by Gasteiger charge is -2.28. The largest absolute Gasteiger partial charge is 0.457 e. The van der Waals surface area contributed by atoms with Crippen LogP contribution in [-0.2, 0) is 0 Å². The van der Waals surface area contributed by atoms with Gasteiger partial charge in [0.25, 0.3) is 5.91 Å². The molecule has 1 aromatic rings. The molecule has 1 aromatic heterocycles. The second kappa shape index (κ2) is 4.59. The molecule has 4 nitrogen and oxygen atoms in total. The van der Waals surface area contributed by atoms with Gasteiger partial charge in [-0.25, -0.2) is 0 Å². The van der Waals surface area contributed by atoms with Gasteiger partial charge in [0.05, 0.1) is 17.4 Å². The fourth-order valence-electron chi connectivity index (χ4n) is 2.20. The SMILES string of the molecule is NCC1(NC(=O)c2ccoc2Br)CCCC1. The van der Waals surface area contributed by atoms with Gasteiger partial charge in [-0.3, -0.25) is 4.79 Å². The van der Waals surface area contributed by atoms with Gasteiger partial charge >= 0.3 is 0 Å². The maximum Gasteiger partial charge on any atom is 0.256 e. The summed E-state index contributed by atoms with van der Waals surface area (Å²) >= 11 is 3.20. The van der Waals surface area contributed by atoms with Crippen LogP contribution < -0.4 is 11.1 Å². The zero-order valence-corrected chi connectivity index (χ0v) is 10.5. The molecule has 0 unspecified atom stereocenters. The van der Waals surface area contributed by atoms with E-state index in [9.17, 15) is 4.79 Å². The van der Waals surface area contributed by atoms with E-state index in [0.717, 1.165) is 25.7 Å². The van der Waals surface area contributed by atoms with Gasteiger partial charge in [-0.05, 0) is 34.8 Å². The summed E-state index contributed by atoms with van der Waals surface area (Å²) in [5.74, 6) is -0.118. The highest BCUT2D eigenvalue weighted by Crippen LogP contribution is 2.29. The summed E-state index contributed by atoms with van der Waals surface area (Å²) < 4.78 is 5.51. The third-order valence-corrected chi connectivity index (χ3v) is 3.81. The minimum atomic E-state index is -0.214. The molecule has 2 rings (SSSR count). The van der Waals surface area contributed by atoms with E-state index in [2.05, 4.69) is 21.2 Å². The molecule has 0 atom stereocenters. The fourth-order valence-corrected chi connectivity index (χ4v) is 2.62. The average molecular weight is 287 g/mol. The van der Waals surface area contributed by atoms with E-state index in [1.165, 1.54) is 6.26 Å². The molecule has 1 heterocycles. The summed E-state index contributed by atoms with van der Waals surface area (Å²) in [7, 11) is 0. The number of hydrogen-bond acceptors (Lipinski definition) is 3. The van der Waals surface area contributed by atoms with Gasteiger partial charge in [0.1, 0.15) is 0 Å². The number of nitrogens with two attached hydrogens (primary N) is 1. The van der Waals surface area contributed by atoms with Gasteiger partial charge in [0.15, 0.2) is 4.67 Å². The van der Waals surface area contributed by atoms with Crippen LogP contribution in [0, 0.1) is 0 Å². The molecule has 1 saturated carbocycles. The van der Waals surface area contributed by atoms with E-state index in [1.54, 1.807) is 6.07 Å². The number of amides is 1. The standard InChI is InChI=1S/C11H15BrN2O2/c12-9-8(3-6-16-9)10(15)14-11(7-13)4-1-2-5-11/h3,6H,1-2,4-5,7,13H2,(H,14,15). The first-order chi connectivity index (χ1) is 7.67. The molecular weight excluding hydrogens is 272 g/mol. The summed E-state index contributed by atoms with van der Waals surface area (Å²) in [4.78, 5) is 12.0. The molecule has 1 fully saturated rings. The smallest absolute Gasteiger partial charge is 0.256 e. The molecule has 0 saturated heterocycles. The second-order valence-corrected chi connectivity index (χ2v) is 4.97. The molecule has 5 heteroatoms. The Hall–Kier alpha value is -0.810. The van der Waals surface area contributed by atoms with E-state index >= 15 is 0 Å². The van der Waals surface area contributed by atoms with Crippen LogP contribution in [0.3, 0.4) is 0 Å². The molecule has 88 valence electrons. The lowest BCUT2D eigenvalue weighted by Crippen LogP contribution is -2.51. The van der Waals surface area contributed by atoms with E-state index in [-0.39, 0.29) is 11.4 Å². The van der Waals surface area contributed by atoms with Gasteiger partial charge in [-0.1, -0.05) is 12.8 Å². The van der Waals surface area contributed by atoms with E-state index in [4.69, 9.17) is 10.2 Å². The van der Waals surface area contributed by atoms with Crippen molar-refractivity contribution in [3.8, 4) is 0 Å². The lowest BCUT2D eigenvalue weighted by atomic mass is 9.97. The highest BCUT2D eigenvalue weighted by atomic mass is 79.9. The van der Waals surface area contributed by atoms with Crippen molar-refractivity contribution in [3.05, 3.63) is 22.6 Å². The van der Waals surface area contributed by atoms with Crippen LogP contribution in [0.25, 0.3) is 0 Å². The molecule has 0 radical (unpaired) electrons. The van der Waals surface area contributed by atoms with Crippen LogP contribution in [0.5, 0.6) is 0 Å². The van der Waals surface area contributed by atoms with Crippen LogP contribution >= 0.6 is 15.9 Å². The number of rotatable bonds is 3. The van der Waals surface area contributed by atoms with Gasteiger partial charge in [-0.2, -0.15) is 0 Å². The van der Waals surface area contributed by atoms with Crippen molar-refractivity contribution in [3.63, 3.8) is 0 Å². The minimum Gasteiger partial charge on any atom is -0.457 e. The summed E-state index contributed by atoms with van der Waals surface area (Å²) in [5, 5.41) is 3.03. The molecule has 0 aliphatic heterocycles. The number of halogens is 1. The molecule has 0 spiro atoms. The Morgan fingerprint density at radius 3 is 2.75 bits per heavy atom. The molecule has 1 aliphatic carbocycles. The van der Waals surface area contributed by atoms with Crippen molar-refractivity contribution >= 4 is 21.8 Å². The predicted octanol–water partition coefficient (Wildman–Crippen LogP) is 2.04. The second-order valence-electron chi connectivity index (χ2n) is 4.25. The highest BCUT2D eigenvalue weighted by Gasteiger charge is 2.34. The van der Waals surface area contributed by atoms with Crippen molar-refractivity contribution in [2.45, 2.75) is 31.2 Å². The van der Waals surface area contributed by atoms with Gasteiger partial charge in [0.2, 0.25) is 0 Å². The van der Waals surface area contributed by atoms with Crippen LogP contribution in [0.4, 0.5) is 0 Å². The third-order valence-electron chi connectivity index (χ3n) is 3.19. The Bertz CT molecular complexity index is 383. The van der Waals surface area contributed by atoms with E-state index in [0.29, 0.717) is 16.8 Å². The number of nitrogens with one attached hydrogen (secondary N) is 1. The minimum absolute atomic E-state index is 0.118. The van der Waals surface area contributed by atoms with Crippen molar-refractivity contribution in [2.75, 3.05) is 6.54 Å². The normalized spacial score (nSPS) is 18.6. The van der Waals surface area contributed by atoms with Gasteiger partial charge in [0, 0.05) is 6.54 Å². The van der Waals surface area contributed by atoms with E-state index in [1.807, 2.05) is 0 Å². The number of carbonyl (C=O) groups is 1. The Morgan fingerprint density at radius 1 is 1.56 bits per heavy atom. The molecule has 3 N–H and O–H groups in total. The molecule has 1 aliphatic rings. The molecular formula is C11H15BrN2O2. The monoisotopic (exact) mass is 286 g/mol. The Morgan fingerprint density at radius 2 is 2.25 bits per heavy atom. The van der Waals surface area contributed by atoms with Crippen molar-refractivity contribution in [1.29, 1.82) is 0 Å². The van der Waals surface area contributed by atoms with Crippen molar-refractivity contribution in [2.24, 2.45) is 5.73 Å². The Kier molecular flexibility index (Phi) is 3.35. The van der Waals surface area contributed by atoms with Crippen molar-refractivity contribution < 1.29 is 9.21 Å². The number of furan rings is 1.